The third-order valence-corrected chi connectivity index (χ3v) is 11.7. The van der Waals surface area contributed by atoms with Crippen molar-refractivity contribution in [3.8, 4) is 21.1 Å². The zero-order chi connectivity index (χ0) is 37.7. The van der Waals surface area contributed by atoms with Gasteiger partial charge in [0.25, 0.3) is 0 Å². The molecule has 0 saturated heterocycles. The number of nitrogens with zero attached hydrogens (tertiary/aromatic N) is 6. The molecule has 0 saturated carbocycles. The molecule has 0 bridgehead atoms. The molecule has 0 aliphatic carbocycles. The summed E-state index contributed by atoms with van der Waals surface area (Å²) in [5, 5.41) is 11.1. The van der Waals surface area contributed by atoms with Gasteiger partial charge in [-0.3, -0.25) is 0 Å². The maximum Gasteiger partial charge on any atom is 0.148 e. The lowest BCUT2D eigenvalue weighted by Crippen LogP contribution is -2.23. The van der Waals surface area contributed by atoms with Crippen LogP contribution < -0.4 is 19.6 Å². The molecule has 1 aromatic heterocycles. The SMILES string of the molecule is c1ccc(N2c3ccccc3N(c3ccc(-c4nnc(-c5ccc(N6c7ccccc7N(c7ccccc7)c7ccccc76)cc5)s4)cc3)c3ccccc32)cc1. The average molecular weight is 751 g/mol. The quantitative estimate of drug-likeness (QED) is 0.168. The normalized spacial score (nSPS) is 12.8. The van der Waals surface area contributed by atoms with E-state index in [4.69, 9.17) is 0 Å². The van der Waals surface area contributed by atoms with Gasteiger partial charge in [0.05, 0.1) is 45.5 Å². The predicted octanol–water partition coefficient (Wildman–Crippen LogP) is 14.4. The number of aromatic nitrogens is 2. The molecule has 2 aliphatic rings. The first kappa shape index (κ1) is 32.9. The Kier molecular flexibility index (Phi) is 7.89. The van der Waals surface area contributed by atoms with Gasteiger partial charge in [0.2, 0.25) is 0 Å². The molecule has 0 radical (unpaired) electrons. The molecule has 0 fully saturated rings. The van der Waals surface area contributed by atoms with Gasteiger partial charge in [-0.05, 0) is 121 Å². The lowest BCUT2D eigenvalue weighted by atomic mass is 10.0. The molecule has 9 aromatic rings. The summed E-state index contributed by atoms with van der Waals surface area (Å²) in [6.07, 6.45) is 0. The van der Waals surface area contributed by atoms with Crippen molar-refractivity contribution in [1.29, 1.82) is 0 Å². The zero-order valence-corrected chi connectivity index (χ0v) is 31.5. The molecule has 6 nitrogen and oxygen atoms in total. The van der Waals surface area contributed by atoms with E-state index in [1.807, 2.05) is 0 Å². The fourth-order valence-corrected chi connectivity index (χ4v) is 8.97. The van der Waals surface area contributed by atoms with Crippen molar-refractivity contribution in [3.05, 3.63) is 206 Å². The Morgan fingerprint density at radius 3 is 0.737 bits per heavy atom. The van der Waals surface area contributed by atoms with E-state index < -0.39 is 0 Å². The van der Waals surface area contributed by atoms with E-state index in [0.717, 1.165) is 89.4 Å². The Hall–Kier alpha value is -7.48. The van der Waals surface area contributed by atoms with Crippen LogP contribution in [0.3, 0.4) is 0 Å². The Morgan fingerprint density at radius 1 is 0.246 bits per heavy atom. The van der Waals surface area contributed by atoms with Gasteiger partial charge in [-0.2, -0.15) is 0 Å². The van der Waals surface area contributed by atoms with Gasteiger partial charge in [-0.15, -0.1) is 10.2 Å². The molecule has 0 amide bonds. The van der Waals surface area contributed by atoms with Crippen LogP contribution in [0, 0.1) is 0 Å². The zero-order valence-electron chi connectivity index (χ0n) is 30.7. The summed E-state index contributed by atoms with van der Waals surface area (Å²) in [4.78, 5) is 9.38. The number of para-hydroxylation sites is 10. The predicted molar refractivity (Wildman–Crippen MR) is 237 cm³/mol. The van der Waals surface area contributed by atoms with Crippen molar-refractivity contribution in [3.63, 3.8) is 0 Å². The molecule has 2 aliphatic heterocycles. The highest BCUT2D eigenvalue weighted by Gasteiger charge is 2.31. The van der Waals surface area contributed by atoms with Crippen molar-refractivity contribution in [1.82, 2.24) is 10.2 Å². The highest BCUT2D eigenvalue weighted by Crippen LogP contribution is 2.55. The maximum atomic E-state index is 4.66. The Morgan fingerprint density at radius 2 is 0.474 bits per heavy atom. The molecular weight excluding hydrogens is 717 g/mol. The van der Waals surface area contributed by atoms with Gasteiger partial charge in [-0.1, -0.05) is 96.3 Å². The summed E-state index contributed by atoms with van der Waals surface area (Å²) >= 11 is 1.61. The lowest BCUT2D eigenvalue weighted by Gasteiger charge is -2.40. The first-order chi connectivity index (χ1) is 28.3. The number of rotatable bonds is 6. The van der Waals surface area contributed by atoms with Crippen LogP contribution in [0.25, 0.3) is 21.1 Å². The van der Waals surface area contributed by atoms with Gasteiger partial charge in [0.1, 0.15) is 10.0 Å². The fourth-order valence-electron chi connectivity index (χ4n) is 8.12. The number of hydrogen-bond acceptors (Lipinski definition) is 7. The van der Waals surface area contributed by atoms with Gasteiger partial charge in [0, 0.05) is 33.9 Å². The van der Waals surface area contributed by atoms with E-state index in [1.54, 1.807) is 11.3 Å². The first-order valence-corrected chi connectivity index (χ1v) is 19.8. The van der Waals surface area contributed by atoms with E-state index in [2.05, 4.69) is 236 Å². The fraction of sp³-hybridized carbons (Fsp3) is 0. The van der Waals surface area contributed by atoms with E-state index in [-0.39, 0.29) is 0 Å². The maximum absolute atomic E-state index is 4.66. The van der Waals surface area contributed by atoms with Gasteiger partial charge in [-0.25, -0.2) is 0 Å². The molecule has 0 N–H and O–H groups in total. The Balaban J connectivity index is 0.889. The number of anilines is 12. The molecule has 57 heavy (non-hydrogen) atoms. The third kappa shape index (κ3) is 5.55. The molecule has 7 heteroatoms. The van der Waals surface area contributed by atoms with Crippen molar-refractivity contribution in [2.75, 3.05) is 19.6 Å². The van der Waals surface area contributed by atoms with Crippen LogP contribution in [-0.4, -0.2) is 10.2 Å². The largest absolute Gasteiger partial charge is 0.306 e. The van der Waals surface area contributed by atoms with Crippen LogP contribution in [-0.2, 0) is 0 Å². The average Bonchev–Trinajstić information content (AvgIpc) is 3.79. The number of fused-ring (bicyclic) bond motifs is 4. The summed E-state index contributed by atoms with van der Waals surface area (Å²) in [7, 11) is 0. The number of benzene rings is 8. The van der Waals surface area contributed by atoms with E-state index in [1.165, 1.54) is 0 Å². The van der Waals surface area contributed by atoms with Crippen LogP contribution >= 0.6 is 11.3 Å². The number of hydrogen-bond donors (Lipinski definition) is 0. The van der Waals surface area contributed by atoms with Crippen LogP contribution in [0.1, 0.15) is 0 Å². The highest BCUT2D eigenvalue weighted by molar-refractivity contribution is 7.17. The summed E-state index contributed by atoms with van der Waals surface area (Å²) in [6, 6.07) is 72.9. The minimum Gasteiger partial charge on any atom is -0.306 e. The Bertz CT molecular complexity index is 2580. The van der Waals surface area contributed by atoms with Crippen molar-refractivity contribution in [2.45, 2.75) is 0 Å². The van der Waals surface area contributed by atoms with Gasteiger partial charge < -0.3 is 19.6 Å². The minimum absolute atomic E-state index is 0.884. The van der Waals surface area contributed by atoms with E-state index in [0.29, 0.717) is 0 Å². The summed E-state index contributed by atoms with van der Waals surface area (Å²) in [5.74, 6) is 0. The molecule has 270 valence electrons. The van der Waals surface area contributed by atoms with Gasteiger partial charge in [0.15, 0.2) is 0 Å². The molecule has 0 unspecified atom stereocenters. The summed E-state index contributed by atoms with van der Waals surface area (Å²) < 4.78 is 0. The molecular formula is C50H34N6S. The van der Waals surface area contributed by atoms with Crippen LogP contribution in [0.2, 0.25) is 0 Å². The second-order valence-corrected chi connectivity index (χ2v) is 15.0. The second-order valence-electron chi connectivity index (χ2n) is 14.0. The van der Waals surface area contributed by atoms with Crippen molar-refractivity contribution in [2.24, 2.45) is 0 Å². The smallest absolute Gasteiger partial charge is 0.148 e. The molecule has 0 spiro atoms. The van der Waals surface area contributed by atoms with Crippen molar-refractivity contribution >= 4 is 79.6 Å². The summed E-state index contributed by atoms with van der Waals surface area (Å²) in [6.45, 7) is 0. The molecule has 11 rings (SSSR count). The van der Waals surface area contributed by atoms with Crippen LogP contribution in [0.15, 0.2) is 206 Å². The standard InChI is InChI=1S/C50H34N6S/c1-3-15-37(16-4-1)53-41-19-7-11-23-45(41)55(46-24-12-8-20-42(46)53)39-31-27-35(28-32-39)49-51-52-50(57-49)36-29-33-40(34-30-36)56-47-25-13-9-21-43(47)54(38-17-5-2-6-18-38)44-22-10-14-26-48(44)56/h1-34H. The highest BCUT2D eigenvalue weighted by atomic mass is 32.1. The van der Waals surface area contributed by atoms with E-state index in [9.17, 15) is 0 Å². The minimum atomic E-state index is 0.884. The Labute approximate surface area is 335 Å². The van der Waals surface area contributed by atoms with Crippen molar-refractivity contribution < 1.29 is 0 Å². The summed E-state index contributed by atoms with van der Waals surface area (Å²) in [5.41, 5.74) is 15.5. The first-order valence-electron chi connectivity index (χ1n) is 19.0. The van der Waals surface area contributed by atoms with Crippen LogP contribution in [0.4, 0.5) is 68.2 Å². The third-order valence-electron chi connectivity index (χ3n) is 10.7. The van der Waals surface area contributed by atoms with Crippen LogP contribution in [0.5, 0.6) is 0 Å². The molecule has 8 aromatic carbocycles. The lowest BCUT2D eigenvalue weighted by molar-refractivity contribution is 1.10. The topological polar surface area (TPSA) is 38.7 Å². The molecule has 3 heterocycles. The molecule has 0 atom stereocenters. The monoisotopic (exact) mass is 750 g/mol. The van der Waals surface area contributed by atoms with Gasteiger partial charge >= 0.3 is 0 Å². The second kappa shape index (κ2) is 13.7. The van der Waals surface area contributed by atoms with E-state index >= 15 is 0 Å².